The van der Waals surface area contributed by atoms with Gasteiger partial charge in [-0.15, -0.1) is 0 Å². The van der Waals surface area contributed by atoms with Crippen LogP contribution < -0.4 is 0 Å². The maximum atomic E-state index is 12.2. The Kier molecular flexibility index (Phi) is 6.03. The molecule has 1 aliphatic carbocycles. The minimum absolute atomic E-state index is 0.0365. The summed E-state index contributed by atoms with van der Waals surface area (Å²) in [6, 6.07) is 0. The molecule has 0 saturated heterocycles. The maximum absolute atomic E-state index is 12.2. The van der Waals surface area contributed by atoms with Gasteiger partial charge in [-0.3, -0.25) is 14.8 Å². The Morgan fingerprint density at radius 1 is 1.43 bits per heavy atom. The van der Waals surface area contributed by atoms with Crippen molar-refractivity contribution in [3.8, 4) is 0 Å². The molecule has 0 aromatic rings. The van der Waals surface area contributed by atoms with Crippen LogP contribution in [0.3, 0.4) is 0 Å². The van der Waals surface area contributed by atoms with Crippen LogP contribution in [0.4, 0.5) is 0 Å². The Labute approximate surface area is 139 Å². The smallest absolute Gasteiger partial charge is 0.166 e. The highest BCUT2D eigenvalue weighted by Crippen LogP contribution is 2.30. The highest BCUT2D eigenvalue weighted by molar-refractivity contribution is 6.05. The molecule has 122 valence electrons. The number of carbonyl (C=O) groups excluding carboxylic acids is 1. The van der Waals surface area contributed by atoms with Gasteiger partial charge in [0, 0.05) is 18.5 Å². The molecule has 0 bridgehead atoms. The van der Waals surface area contributed by atoms with Crippen LogP contribution in [0.15, 0.2) is 57.2 Å². The van der Waals surface area contributed by atoms with Gasteiger partial charge >= 0.3 is 0 Å². The van der Waals surface area contributed by atoms with Crippen molar-refractivity contribution in [2.75, 3.05) is 6.54 Å². The summed E-state index contributed by atoms with van der Waals surface area (Å²) < 4.78 is 0. The normalized spacial score (nSPS) is 21.3. The second-order valence-corrected chi connectivity index (χ2v) is 6.28. The lowest BCUT2D eigenvalue weighted by molar-refractivity contribution is -0.117. The number of nitrogens with zero attached hydrogens (tertiary/aromatic N) is 2. The first-order chi connectivity index (χ1) is 11.0. The fourth-order valence-electron chi connectivity index (χ4n) is 2.89. The van der Waals surface area contributed by atoms with Crippen LogP contribution >= 0.6 is 0 Å². The van der Waals surface area contributed by atoms with E-state index in [4.69, 9.17) is 0 Å². The molecule has 1 atom stereocenters. The molecule has 0 aromatic carbocycles. The largest absolute Gasteiger partial charge is 0.297 e. The van der Waals surface area contributed by atoms with E-state index in [1.165, 1.54) is 11.1 Å². The number of ketones is 1. The molecule has 1 aliphatic heterocycles. The van der Waals surface area contributed by atoms with Crippen LogP contribution in [0.25, 0.3) is 0 Å². The number of hydrogen-bond donors (Lipinski definition) is 0. The fourth-order valence-corrected chi connectivity index (χ4v) is 2.89. The summed E-state index contributed by atoms with van der Waals surface area (Å²) in [6.07, 6.45) is 11.6. The van der Waals surface area contributed by atoms with Crippen molar-refractivity contribution >= 4 is 17.7 Å². The second-order valence-electron chi connectivity index (χ2n) is 6.28. The van der Waals surface area contributed by atoms with E-state index >= 15 is 0 Å². The molecular formula is C20H26N2O. The Morgan fingerprint density at radius 3 is 2.83 bits per heavy atom. The summed E-state index contributed by atoms with van der Waals surface area (Å²) in [5.74, 6) is 0.129. The highest BCUT2D eigenvalue weighted by Gasteiger charge is 2.21. The summed E-state index contributed by atoms with van der Waals surface area (Å²) in [6.45, 7) is 10.8. The molecule has 0 aromatic heterocycles. The molecule has 0 spiro atoms. The summed E-state index contributed by atoms with van der Waals surface area (Å²) in [5, 5.41) is 0. The van der Waals surface area contributed by atoms with Crippen LogP contribution in [-0.4, -0.2) is 24.3 Å². The Hall–Kier alpha value is -2.03. The standard InChI is InChI=1S/C20H26N2O/c1-5-16-9-10-17(19(16)22-14(2)3)8-6-7-15(4)20(23)18-11-12-21-13-18/h5,9-10,13,18H,4,6-8,11-12H2,1-3H3/b16-5-. The molecule has 23 heavy (non-hydrogen) atoms. The number of carbonyl (C=O) groups is 1. The molecular weight excluding hydrogens is 284 g/mol. The molecule has 0 radical (unpaired) electrons. The molecule has 0 fully saturated rings. The molecule has 2 rings (SSSR count). The van der Waals surface area contributed by atoms with Crippen molar-refractivity contribution in [3.05, 3.63) is 47.2 Å². The van der Waals surface area contributed by atoms with Gasteiger partial charge < -0.3 is 0 Å². The molecule has 0 amide bonds. The van der Waals surface area contributed by atoms with Crippen LogP contribution in [-0.2, 0) is 4.79 Å². The first kappa shape index (κ1) is 17.3. The van der Waals surface area contributed by atoms with Gasteiger partial charge in [0.25, 0.3) is 0 Å². The topological polar surface area (TPSA) is 41.8 Å². The van der Waals surface area contributed by atoms with E-state index in [-0.39, 0.29) is 11.7 Å². The van der Waals surface area contributed by atoms with Gasteiger partial charge in [0.05, 0.1) is 11.6 Å². The Morgan fingerprint density at radius 2 is 2.22 bits per heavy atom. The third-order valence-electron chi connectivity index (χ3n) is 4.15. The lowest BCUT2D eigenvalue weighted by atomic mass is 9.94. The second kappa shape index (κ2) is 8.00. The zero-order valence-corrected chi connectivity index (χ0v) is 14.4. The van der Waals surface area contributed by atoms with Gasteiger partial charge in [0.1, 0.15) is 0 Å². The van der Waals surface area contributed by atoms with Crippen molar-refractivity contribution in [2.24, 2.45) is 15.9 Å². The first-order valence-corrected chi connectivity index (χ1v) is 8.34. The SMILES string of the molecule is C=C(CCCC1=C(N=C(C)C)/C(=C\C)C=C1)C(=O)C1C=NCC1. The Bertz CT molecular complexity index is 641. The molecule has 3 heteroatoms. The average Bonchev–Trinajstić information content (AvgIpc) is 3.16. The summed E-state index contributed by atoms with van der Waals surface area (Å²) in [4.78, 5) is 21.0. The zero-order chi connectivity index (χ0) is 16.8. The van der Waals surface area contributed by atoms with E-state index in [2.05, 4.69) is 34.8 Å². The van der Waals surface area contributed by atoms with Crippen LogP contribution in [0.5, 0.6) is 0 Å². The molecule has 0 saturated carbocycles. The lowest BCUT2D eigenvalue weighted by Crippen LogP contribution is -2.15. The number of hydrogen-bond acceptors (Lipinski definition) is 3. The van der Waals surface area contributed by atoms with Gasteiger partial charge in [-0.1, -0.05) is 24.8 Å². The molecule has 3 nitrogen and oxygen atoms in total. The summed E-state index contributed by atoms with van der Waals surface area (Å²) in [5.41, 5.74) is 5.29. The monoisotopic (exact) mass is 310 g/mol. The van der Waals surface area contributed by atoms with Crippen molar-refractivity contribution in [1.29, 1.82) is 0 Å². The Balaban J connectivity index is 1.93. The van der Waals surface area contributed by atoms with E-state index in [0.717, 1.165) is 49.2 Å². The fraction of sp³-hybridized carbons (Fsp3) is 0.450. The zero-order valence-electron chi connectivity index (χ0n) is 14.4. The van der Waals surface area contributed by atoms with Crippen LogP contribution in [0.2, 0.25) is 0 Å². The van der Waals surface area contributed by atoms with E-state index in [0.29, 0.717) is 0 Å². The van der Waals surface area contributed by atoms with E-state index < -0.39 is 0 Å². The molecule has 1 heterocycles. The van der Waals surface area contributed by atoms with E-state index in [1.807, 2.05) is 20.8 Å². The van der Waals surface area contributed by atoms with Gasteiger partial charge in [-0.05, 0) is 63.2 Å². The molecule has 0 N–H and O–H groups in total. The van der Waals surface area contributed by atoms with Crippen LogP contribution in [0, 0.1) is 5.92 Å². The van der Waals surface area contributed by atoms with E-state index in [9.17, 15) is 4.79 Å². The number of aliphatic imine (C=N–C) groups is 2. The van der Waals surface area contributed by atoms with Gasteiger partial charge in [0.15, 0.2) is 5.78 Å². The number of Topliss-reactive ketones (excluding diaryl/α,β-unsaturated/α-hetero) is 1. The maximum Gasteiger partial charge on any atom is 0.166 e. The summed E-state index contributed by atoms with van der Waals surface area (Å²) >= 11 is 0. The third kappa shape index (κ3) is 4.47. The van der Waals surface area contributed by atoms with E-state index in [1.54, 1.807) is 6.21 Å². The summed E-state index contributed by atoms with van der Waals surface area (Å²) in [7, 11) is 0. The van der Waals surface area contributed by atoms with Crippen molar-refractivity contribution in [1.82, 2.24) is 0 Å². The lowest BCUT2D eigenvalue weighted by Gasteiger charge is -2.09. The third-order valence-corrected chi connectivity index (χ3v) is 4.15. The quantitative estimate of drug-likeness (QED) is 0.499. The minimum Gasteiger partial charge on any atom is -0.297 e. The van der Waals surface area contributed by atoms with Gasteiger partial charge in [-0.25, -0.2) is 0 Å². The first-order valence-electron chi connectivity index (χ1n) is 8.34. The predicted octanol–water partition coefficient (Wildman–Crippen LogP) is 4.62. The number of allylic oxidation sites excluding steroid dienone is 5. The molecule has 2 aliphatic rings. The number of rotatable bonds is 7. The van der Waals surface area contributed by atoms with Gasteiger partial charge in [-0.2, -0.15) is 0 Å². The molecule has 1 unspecified atom stereocenters. The average molecular weight is 310 g/mol. The van der Waals surface area contributed by atoms with Crippen molar-refractivity contribution in [2.45, 2.75) is 46.5 Å². The minimum atomic E-state index is -0.0365. The van der Waals surface area contributed by atoms with Crippen LogP contribution in [0.1, 0.15) is 46.5 Å². The highest BCUT2D eigenvalue weighted by atomic mass is 16.1. The predicted molar refractivity (Wildman–Crippen MR) is 98.2 cm³/mol. The van der Waals surface area contributed by atoms with Crippen molar-refractivity contribution < 1.29 is 4.79 Å². The van der Waals surface area contributed by atoms with Crippen molar-refractivity contribution in [3.63, 3.8) is 0 Å². The van der Waals surface area contributed by atoms with Gasteiger partial charge in [0.2, 0.25) is 0 Å².